The van der Waals surface area contributed by atoms with Crippen LogP contribution in [0.5, 0.6) is 0 Å². The minimum absolute atomic E-state index is 0.109. The summed E-state index contributed by atoms with van der Waals surface area (Å²) in [6, 6.07) is 14.5. The number of rotatable bonds is 19. The number of imidazole rings is 1. The highest BCUT2D eigenvalue weighted by Crippen LogP contribution is 2.16. The molecule has 0 spiro atoms. The third-order valence-corrected chi connectivity index (χ3v) is 6.82. The third-order valence-electron chi connectivity index (χ3n) is 6.82. The first-order valence-electron chi connectivity index (χ1n) is 14.8. The van der Waals surface area contributed by atoms with E-state index >= 15 is 0 Å². The van der Waals surface area contributed by atoms with Gasteiger partial charge in [-0.1, -0.05) is 55.4 Å². The molecule has 243 valence electrons. The van der Waals surface area contributed by atoms with Crippen molar-refractivity contribution in [3.8, 4) is 0 Å². The normalized spacial score (nSPS) is 11.8. The van der Waals surface area contributed by atoms with Gasteiger partial charge >= 0.3 is 12.1 Å². The number of aromatic nitrogens is 2. The number of nitrogens with zero attached hydrogens (tertiary/aromatic N) is 3. The number of alkyl halides is 3. The topological polar surface area (TPSA) is 143 Å². The maximum atomic E-state index is 13.0. The number of carbonyl (C=O) groups excluding carboxylic acids is 2. The Labute approximate surface area is 266 Å². The van der Waals surface area contributed by atoms with E-state index in [1.807, 2.05) is 24.3 Å². The Morgan fingerprint density at radius 3 is 1.83 bits per heavy atom. The zero-order valence-corrected chi connectivity index (χ0v) is 25.6. The number of nitrogens with one attached hydrogen (secondary N) is 2. The van der Waals surface area contributed by atoms with Crippen LogP contribution in [0.15, 0.2) is 65.9 Å². The second-order valence-electron chi connectivity index (χ2n) is 10.7. The molecule has 1 radical (unpaired) electrons. The fourth-order valence-electron chi connectivity index (χ4n) is 4.45. The summed E-state index contributed by atoms with van der Waals surface area (Å²) in [5.41, 5.74) is 3.77. The Balaban J connectivity index is 1.49. The molecule has 15 heteroatoms. The molecule has 2 aromatic carbocycles. The Morgan fingerprint density at radius 1 is 0.913 bits per heavy atom. The van der Waals surface area contributed by atoms with Crippen LogP contribution in [-0.2, 0) is 45.4 Å². The van der Waals surface area contributed by atoms with Gasteiger partial charge in [0.1, 0.15) is 0 Å². The fourth-order valence-corrected chi connectivity index (χ4v) is 4.45. The van der Waals surface area contributed by atoms with Crippen molar-refractivity contribution in [3.05, 3.63) is 88.8 Å². The highest BCUT2D eigenvalue weighted by atomic mass is 19.4. The lowest BCUT2D eigenvalue weighted by Crippen LogP contribution is -2.31. The molecule has 3 aromatic rings. The summed E-state index contributed by atoms with van der Waals surface area (Å²) in [7, 11) is 1.37. The van der Waals surface area contributed by atoms with Crippen LogP contribution in [0.4, 0.5) is 13.2 Å². The second-order valence-corrected chi connectivity index (χ2v) is 10.7. The molecule has 0 unspecified atom stereocenters. The predicted molar refractivity (Wildman–Crippen MR) is 170 cm³/mol. The van der Waals surface area contributed by atoms with Gasteiger partial charge in [0.15, 0.2) is 0 Å². The molecule has 0 atom stereocenters. The number of halogens is 3. The van der Waals surface area contributed by atoms with Gasteiger partial charge in [0, 0.05) is 50.1 Å². The van der Waals surface area contributed by atoms with E-state index in [1.54, 1.807) is 43.5 Å². The summed E-state index contributed by atoms with van der Waals surface area (Å²) in [6.45, 7) is 2.84. The Hall–Kier alpha value is -4.07. The van der Waals surface area contributed by atoms with Gasteiger partial charge in [-0.05, 0) is 47.7 Å². The van der Waals surface area contributed by atoms with E-state index in [-0.39, 0.29) is 31.3 Å². The van der Waals surface area contributed by atoms with Crippen LogP contribution in [0.3, 0.4) is 0 Å². The molecular formula is C31H37B2F3N5O5. The van der Waals surface area contributed by atoms with Crippen molar-refractivity contribution in [1.82, 2.24) is 9.13 Å². The first-order valence-corrected chi connectivity index (χ1v) is 14.8. The average molecular weight is 638 g/mol. The minimum Gasteiger partial charge on any atom is -0.450 e. The molecule has 0 aliphatic heterocycles. The molecule has 1 amide bonds. The molecule has 10 nitrogen and oxygen atoms in total. The van der Waals surface area contributed by atoms with Crippen molar-refractivity contribution >= 4 is 37.7 Å². The van der Waals surface area contributed by atoms with Crippen LogP contribution < -0.4 is 5.62 Å². The second kappa shape index (κ2) is 18.2. The van der Waals surface area contributed by atoms with Gasteiger partial charge in [0.25, 0.3) is 6.92 Å². The minimum atomic E-state index is -5.09. The van der Waals surface area contributed by atoms with Crippen LogP contribution in [0.25, 0.3) is 0 Å². The first kappa shape index (κ1) is 36.4. The van der Waals surface area contributed by atoms with Gasteiger partial charge in [-0.3, -0.25) is 4.79 Å². The summed E-state index contributed by atoms with van der Waals surface area (Å²) >= 11 is 0. The molecule has 46 heavy (non-hydrogen) atoms. The van der Waals surface area contributed by atoms with E-state index < -0.39 is 19.0 Å². The van der Waals surface area contributed by atoms with E-state index in [2.05, 4.69) is 4.99 Å². The molecule has 0 aliphatic carbocycles. The summed E-state index contributed by atoms with van der Waals surface area (Å²) in [6.07, 6.45) is 0.168. The number of aryl methyl sites for hydroxylation is 2. The summed E-state index contributed by atoms with van der Waals surface area (Å²) in [5, 5.41) is 25.4. The van der Waals surface area contributed by atoms with Crippen molar-refractivity contribution < 1.29 is 37.3 Å². The quantitative estimate of drug-likeness (QED) is 0.0783. The highest BCUT2D eigenvalue weighted by Gasteiger charge is 2.38. The number of amides is 1. The lowest BCUT2D eigenvalue weighted by atomic mass is 9.66. The van der Waals surface area contributed by atoms with E-state index in [0.717, 1.165) is 16.7 Å². The number of benzene rings is 2. The molecular weight excluding hydrogens is 601 g/mol. The van der Waals surface area contributed by atoms with Gasteiger partial charge in [-0.25, -0.2) is 0 Å². The lowest BCUT2D eigenvalue weighted by molar-refractivity contribution is -0.169. The molecule has 0 saturated carbocycles. The van der Waals surface area contributed by atoms with Crippen LogP contribution in [0, 0.1) is 10.8 Å². The van der Waals surface area contributed by atoms with Gasteiger partial charge < -0.3 is 39.2 Å². The molecule has 0 saturated heterocycles. The summed E-state index contributed by atoms with van der Waals surface area (Å²) in [5.74, 6) is -2.18. The van der Waals surface area contributed by atoms with Crippen LogP contribution >= 0.6 is 0 Å². The predicted octanol–water partition coefficient (Wildman–Crippen LogP) is 4.16. The van der Waals surface area contributed by atoms with E-state index in [4.69, 9.17) is 20.3 Å². The van der Waals surface area contributed by atoms with Gasteiger partial charge in [0.2, 0.25) is 12.9 Å². The zero-order chi connectivity index (χ0) is 33.5. The number of hydrogen-bond acceptors (Lipinski definition) is 7. The molecule has 0 bridgehead atoms. The summed E-state index contributed by atoms with van der Waals surface area (Å²) in [4.78, 5) is 25.5. The number of carbonyl (C=O) groups is 2. The Bertz CT molecular complexity index is 1520. The van der Waals surface area contributed by atoms with Crippen molar-refractivity contribution in [2.24, 2.45) is 4.99 Å². The van der Waals surface area contributed by atoms with Gasteiger partial charge in [0.05, 0.1) is 19.4 Å². The van der Waals surface area contributed by atoms with Crippen molar-refractivity contribution in [3.63, 3.8) is 0 Å². The Morgan fingerprint density at radius 2 is 1.39 bits per heavy atom. The van der Waals surface area contributed by atoms with Crippen molar-refractivity contribution in [2.45, 2.75) is 64.8 Å². The van der Waals surface area contributed by atoms with Gasteiger partial charge in [-0.15, -0.1) is 0 Å². The molecule has 1 heterocycles. The van der Waals surface area contributed by atoms with Crippen molar-refractivity contribution in [1.29, 1.82) is 10.8 Å². The molecule has 0 fully saturated rings. The lowest BCUT2D eigenvalue weighted by Gasteiger charge is -2.09. The molecule has 0 aliphatic rings. The average Bonchev–Trinajstić information content (AvgIpc) is 3.39. The van der Waals surface area contributed by atoms with Crippen molar-refractivity contribution in [2.75, 3.05) is 13.2 Å². The standard InChI is InChI=1S/C31H37B2F3N5O5/c1-33(44)19-28(38)26-10-6-24(7-11-26)21-46-17-3-13-41-15-14-40(30(41)39-29(43)31(34,35)36)12-2-16-45-20-23-4-8-25(9-5-23)27(37)18-32-22-42/h4-11,14-15,22,37-38,44H,2-3,12-13,16-21H2,1H3. The smallest absolute Gasteiger partial charge is 0.450 e. The first-order chi connectivity index (χ1) is 22.0. The fraction of sp³-hybridized carbons (Fsp3) is 0.387. The van der Waals surface area contributed by atoms with E-state index in [1.165, 1.54) is 16.4 Å². The third kappa shape index (κ3) is 12.0. The zero-order valence-electron chi connectivity index (χ0n) is 25.6. The van der Waals surface area contributed by atoms with E-state index in [9.17, 15) is 27.8 Å². The van der Waals surface area contributed by atoms with E-state index in [0.29, 0.717) is 62.4 Å². The SMILES string of the molecule is CB(O)CC(=N)c1ccc(COCCCn2ccn(CCCOCc3ccc(C(=N)C[B]C=O)cc3)c2=NC(=O)C(F)(F)F)cc1. The monoisotopic (exact) mass is 638 g/mol. The Kier molecular flexibility index (Phi) is 14.4. The molecule has 3 rings (SSSR count). The molecule has 3 N–H and O–H groups in total. The van der Waals surface area contributed by atoms with Crippen LogP contribution in [0.2, 0.25) is 19.5 Å². The maximum Gasteiger partial charge on any atom is 0.473 e. The number of hydrogen-bond donors (Lipinski definition) is 3. The van der Waals surface area contributed by atoms with Crippen LogP contribution in [-0.4, -0.2) is 71.3 Å². The molecule has 1 aromatic heterocycles. The maximum absolute atomic E-state index is 13.0. The summed E-state index contributed by atoms with van der Waals surface area (Å²) < 4.78 is 53.5. The highest BCUT2D eigenvalue weighted by molar-refractivity contribution is 6.69. The van der Waals surface area contributed by atoms with Gasteiger partial charge in [-0.2, -0.15) is 18.2 Å². The number of ether oxygens (including phenoxy) is 2. The van der Waals surface area contributed by atoms with Crippen LogP contribution in [0.1, 0.15) is 35.1 Å². The largest absolute Gasteiger partial charge is 0.473 e.